The zero-order valence-corrected chi connectivity index (χ0v) is 15.4. The van der Waals surface area contributed by atoms with Crippen molar-refractivity contribution in [2.45, 2.75) is 45.6 Å². The normalized spacial score (nSPS) is 22.8. The van der Waals surface area contributed by atoms with Crippen LogP contribution in [-0.4, -0.2) is 15.4 Å². The van der Waals surface area contributed by atoms with Crippen LogP contribution in [0.15, 0.2) is 18.2 Å². The van der Waals surface area contributed by atoms with Crippen molar-refractivity contribution in [1.82, 2.24) is 9.55 Å². The molecule has 2 aromatic rings. The van der Waals surface area contributed by atoms with Crippen molar-refractivity contribution in [3.63, 3.8) is 0 Å². The number of fused-ring (bicyclic) bond motifs is 1. The quantitative estimate of drug-likeness (QED) is 0.492. The highest BCUT2D eigenvalue weighted by molar-refractivity contribution is 14.1. The second-order valence-corrected chi connectivity index (χ2v) is 7.97. The molecule has 0 spiro atoms. The molecule has 1 fully saturated rings. The monoisotopic (exact) mass is 416 g/mol. The molecule has 0 aliphatic heterocycles. The molecule has 1 saturated carbocycles. The second-order valence-electron chi connectivity index (χ2n) is 6.35. The van der Waals surface area contributed by atoms with Crippen LogP contribution >= 0.6 is 34.2 Å². The van der Waals surface area contributed by atoms with Gasteiger partial charge in [-0.3, -0.25) is 0 Å². The van der Waals surface area contributed by atoms with Crippen molar-refractivity contribution in [2.75, 3.05) is 5.88 Å². The van der Waals surface area contributed by atoms with E-state index in [-0.39, 0.29) is 0 Å². The van der Waals surface area contributed by atoms with Gasteiger partial charge < -0.3 is 4.57 Å². The Balaban J connectivity index is 1.93. The number of aromatic nitrogens is 2. The van der Waals surface area contributed by atoms with Crippen LogP contribution in [0.25, 0.3) is 11.0 Å². The molecule has 21 heavy (non-hydrogen) atoms. The predicted octanol–water partition coefficient (Wildman–Crippen LogP) is 5.25. The summed E-state index contributed by atoms with van der Waals surface area (Å²) in [6, 6.07) is 6.57. The summed E-state index contributed by atoms with van der Waals surface area (Å²) in [4.78, 5) is 4.82. The molecule has 1 aromatic carbocycles. The van der Waals surface area contributed by atoms with Gasteiger partial charge >= 0.3 is 0 Å². The van der Waals surface area contributed by atoms with Gasteiger partial charge in [0.1, 0.15) is 5.82 Å². The van der Waals surface area contributed by atoms with Gasteiger partial charge in [-0.25, -0.2) is 4.98 Å². The second kappa shape index (κ2) is 6.86. The van der Waals surface area contributed by atoms with E-state index < -0.39 is 0 Å². The zero-order valence-electron chi connectivity index (χ0n) is 12.5. The molecular formula is C17H22ClIN2. The number of benzene rings is 1. The highest BCUT2D eigenvalue weighted by Gasteiger charge is 2.21. The molecule has 0 N–H and O–H groups in total. The summed E-state index contributed by atoms with van der Waals surface area (Å²) in [6.45, 7) is 3.49. The molecule has 2 unspecified atom stereocenters. The van der Waals surface area contributed by atoms with Gasteiger partial charge in [0.25, 0.3) is 0 Å². The minimum atomic E-state index is 0.640. The Labute approximate surface area is 145 Å². The van der Waals surface area contributed by atoms with Crippen LogP contribution in [0.3, 0.4) is 0 Å². The first kappa shape index (κ1) is 15.6. The first-order chi connectivity index (χ1) is 10.2. The van der Waals surface area contributed by atoms with Crippen LogP contribution in [0.4, 0.5) is 0 Å². The molecule has 114 valence electrons. The molecule has 1 aliphatic carbocycles. The third-order valence-electron chi connectivity index (χ3n) is 4.59. The molecular weight excluding hydrogens is 395 g/mol. The van der Waals surface area contributed by atoms with Crippen LogP contribution < -0.4 is 0 Å². The number of nitrogens with zero attached hydrogens (tertiary/aromatic N) is 2. The summed E-state index contributed by atoms with van der Waals surface area (Å²) >= 11 is 8.33. The summed E-state index contributed by atoms with van der Waals surface area (Å²) < 4.78 is 3.67. The fourth-order valence-electron chi connectivity index (χ4n) is 3.62. The van der Waals surface area contributed by atoms with Gasteiger partial charge in [0.05, 0.1) is 11.0 Å². The van der Waals surface area contributed by atoms with Gasteiger partial charge in [-0.15, -0.1) is 11.6 Å². The van der Waals surface area contributed by atoms with Gasteiger partial charge in [-0.1, -0.05) is 19.8 Å². The molecule has 4 heteroatoms. The standard InChI is InChI=1S/C17H22ClIN2/c1-12-3-2-4-13(9-12)11-21-16-6-5-14(19)10-15(16)20-17(21)7-8-18/h5-6,10,12-13H,2-4,7-9,11H2,1H3. The summed E-state index contributed by atoms with van der Waals surface area (Å²) in [7, 11) is 0. The summed E-state index contributed by atoms with van der Waals surface area (Å²) in [5.74, 6) is 3.46. The van der Waals surface area contributed by atoms with Crippen molar-refractivity contribution in [2.24, 2.45) is 11.8 Å². The van der Waals surface area contributed by atoms with Crippen molar-refractivity contribution >= 4 is 45.2 Å². The molecule has 0 amide bonds. The van der Waals surface area contributed by atoms with E-state index >= 15 is 0 Å². The van der Waals surface area contributed by atoms with Gasteiger partial charge in [0.15, 0.2) is 0 Å². The molecule has 1 aliphatic rings. The fraction of sp³-hybridized carbons (Fsp3) is 0.588. The highest BCUT2D eigenvalue weighted by Crippen LogP contribution is 2.31. The molecule has 1 aromatic heterocycles. The first-order valence-corrected chi connectivity index (χ1v) is 9.49. The maximum atomic E-state index is 5.98. The molecule has 2 nitrogen and oxygen atoms in total. The van der Waals surface area contributed by atoms with E-state index in [1.807, 2.05) is 0 Å². The van der Waals surface area contributed by atoms with Gasteiger partial charge in [0.2, 0.25) is 0 Å². The minimum Gasteiger partial charge on any atom is -0.328 e. The Morgan fingerprint density at radius 3 is 3.00 bits per heavy atom. The van der Waals surface area contributed by atoms with Gasteiger partial charge in [-0.2, -0.15) is 0 Å². The lowest BCUT2D eigenvalue weighted by molar-refractivity contribution is 0.257. The molecule has 1 heterocycles. The number of rotatable bonds is 4. The number of hydrogen-bond acceptors (Lipinski definition) is 1. The van der Waals surface area contributed by atoms with Gasteiger partial charge in [-0.05, 0) is 65.5 Å². The number of aryl methyl sites for hydroxylation is 1. The Morgan fingerprint density at radius 2 is 2.24 bits per heavy atom. The minimum absolute atomic E-state index is 0.640. The van der Waals surface area contributed by atoms with E-state index in [4.69, 9.17) is 16.6 Å². The summed E-state index contributed by atoms with van der Waals surface area (Å²) in [5, 5.41) is 0. The largest absolute Gasteiger partial charge is 0.328 e. The van der Waals surface area contributed by atoms with Crippen molar-refractivity contribution < 1.29 is 0 Å². The first-order valence-electron chi connectivity index (χ1n) is 7.88. The molecule has 0 bridgehead atoms. The van der Waals surface area contributed by atoms with Crippen LogP contribution in [0.5, 0.6) is 0 Å². The van der Waals surface area contributed by atoms with E-state index in [9.17, 15) is 0 Å². The number of alkyl halides is 1. The SMILES string of the molecule is CC1CCCC(Cn2c(CCCl)nc3cc(I)ccc32)C1. The molecule has 0 radical (unpaired) electrons. The number of imidazole rings is 1. The van der Waals surface area contributed by atoms with E-state index in [1.165, 1.54) is 34.8 Å². The average Bonchev–Trinajstić information content (AvgIpc) is 2.76. The van der Waals surface area contributed by atoms with Crippen LogP contribution in [-0.2, 0) is 13.0 Å². The topological polar surface area (TPSA) is 17.8 Å². The molecule has 0 saturated heterocycles. The average molecular weight is 417 g/mol. The third-order valence-corrected chi connectivity index (χ3v) is 5.45. The zero-order chi connectivity index (χ0) is 14.8. The maximum Gasteiger partial charge on any atom is 0.111 e. The maximum absolute atomic E-state index is 5.98. The van der Waals surface area contributed by atoms with E-state index in [1.54, 1.807) is 0 Å². The lowest BCUT2D eigenvalue weighted by Crippen LogP contribution is -2.19. The lowest BCUT2D eigenvalue weighted by atomic mass is 9.82. The Morgan fingerprint density at radius 1 is 1.38 bits per heavy atom. The van der Waals surface area contributed by atoms with E-state index in [0.717, 1.165) is 36.1 Å². The fourth-order valence-corrected chi connectivity index (χ4v) is 4.26. The van der Waals surface area contributed by atoms with Crippen molar-refractivity contribution in [3.8, 4) is 0 Å². The Bertz CT molecular complexity index is 623. The molecule has 2 atom stereocenters. The van der Waals surface area contributed by atoms with Crippen molar-refractivity contribution in [1.29, 1.82) is 0 Å². The van der Waals surface area contributed by atoms with Gasteiger partial charge in [0, 0.05) is 22.4 Å². The van der Waals surface area contributed by atoms with Crippen LogP contribution in [0, 0.1) is 15.4 Å². The third kappa shape index (κ3) is 3.55. The summed E-state index contributed by atoms with van der Waals surface area (Å²) in [5.41, 5.74) is 2.39. The highest BCUT2D eigenvalue weighted by atomic mass is 127. The van der Waals surface area contributed by atoms with Crippen molar-refractivity contribution in [3.05, 3.63) is 27.6 Å². The Hall–Kier alpha value is -0.290. The number of hydrogen-bond donors (Lipinski definition) is 0. The predicted molar refractivity (Wildman–Crippen MR) is 98.0 cm³/mol. The van der Waals surface area contributed by atoms with Crippen LogP contribution in [0.1, 0.15) is 38.4 Å². The van der Waals surface area contributed by atoms with E-state index in [0.29, 0.717) is 5.88 Å². The Kier molecular flexibility index (Phi) is 5.10. The van der Waals surface area contributed by atoms with E-state index in [2.05, 4.69) is 52.3 Å². The molecule has 3 rings (SSSR count). The summed E-state index contributed by atoms with van der Waals surface area (Å²) in [6.07, 6.45) is 6.34. The smallest absolute Gasteiger partial charge is 0.111 e. The van der Waals surface area contributed by atoms with Crippen LogP contribution in [0.2, 0.25) is 0 Å². The lowest BCUT2D eigenvalue weighted by Gasteiger charge is -2.27. The number of halogens is 2.